The largest absolute Gasteiger partial charge is 0.483 e. The number of amides is 1. The van der Waals surface area contributed by atoms with Gasteiger partial charge >= 0.3 is 0 Å². The Morgan fingerprint density at radius 2 is 1.86 bits per heavy atom. The molecule has 3 heteroatoms. The molecule has 0 heterocycles. The normalized spacial score (nSPS) is 11.8. The molecule has 0 radical (unpaired) electrons. The summed E-state index contributed by atoms with van der Waals surface area (Å²) in [6.07, 6.45) is 0. The van der Waals surface area contributed by atoms with Crippen LogP contribution in [0.15, 0.2) is 48.5 Å². The molecule has 1 N–H and O–H groups in total. The molecule has 1 amide bonds. The molecule has 0 aliphatic heterocycles. The molecule has 0 unspecified atom stereocenters. The third kappa shape index (κ3) is 4.35. The van der Waals surface area contributed by atoms with Gasteiger partial charge in [0.2, 0.25) is 0 Å². The lowest BCUT2D eigenvalue weighted by Crippen LogP contribution is -2.31. The summed E-state index contributed by atoms with van der Waals surface area (Å²) in [6.45, 7) is 5.97. The number of carbonyl (C=O) groups excluding carboxylic acids is 1. The smallest absolute Gasteiger partial charge is 0.258 e. The average molecular weight is 283 g/mol. The Morgan fingerprint density at radius 1 is 1.14 bits per heavy atom. The summed E-state index contributed by atoms with van der Waals surface area (Å²) in [4.78, 5) is 12.0. The van der Waals surface area contributed by atoms with Gasteiger partial charge < -0.3 is 10.1 Å². The van der Waals surface area contributed by atoms with Crippen molar-refractivity contribution in [2.45, 2.75) is 26.8 Å². The van der Waals surface area contributed by atoms with E-state index in [4.69, 9.17) is 4.74 Å². The summed E-state index contributed by atoms with van der Waals surface area (Å²) in [5.41, 5.74) is 3.23. The first-order valence-corrected chi connectivity index (χ1v) is 7.10. The van der Waals surface area contributed by atoms with Gasteiger partial charge in [-0.1, -0.05) is 42.5 Å². The molecule has 1 atom stereocenters. The van der Waals surface area contributed by atoms with Crippen LogP contribution in [0.2, 0.25) is 0 Å². The first-order chi connectivity index (χ1) is 10.1. The second kappa shape index (κ2) is 6.93. The molecule has 0 fully saturated rings. The fourth-order valence-electron chi connectivity index (χ4n) is 2.11. The van der Waals surface area contributed by atoms with Gasteiger partial charge in [0.15, 0.2) is 6.61 Å². The van der Waals surface area contributed by atoms with Crippen LogP contribution in [0.25, 0.3) is 0 Å². The van der Waals surface area contributed by atoms with Gasteiger partial charge in [0.05, 0.1) is 6.04 Å². The predicted molar refractivity (Wildman–Crippen MR) is 84.4 cm³/mol. The van der Waals surface area contributed by atoms with Crippen LogP contribution in [-0.2, 0) is 4.79 Å². The number of hydrogen-bond donors (Lipinski definition) is 1. The fraction of sp³-hybridized carbons (Fsp3) is 0.278. The Balaban J connectivity index is 1.89. The van der Waals surface area contributed by atoms with E-state index in [9.17, 15) is 4.79 Å². The van der Waals surface area contributed by atoms with Crippen LogP contribution in [0.3, 0.4) is 0 Å². The van der Waals surface area contributed by atoms with Crippen molar-refractivity contribution in [2.75, 3.05) is 6.61 Å². The van der Waals surface area contributed by atoms with Gasteiger partial charge in [0, 0.05) is 0 Å². The third-order valence-electron chi connectivity index (χ3n) is 3.38. The minimum absolute atomic E-state index is 0.0269. The Labute approximate surface area is 126 Å². The van der Waals surface area contributed by atoms with Gasteiger partial charge in [-0.05, 0) is 43.5 Å². The van der Waals surface area contributed by atoms with Crippen molar-refractivity contribution in [1.82, 2.24) is 5.32 Å². The van der Waals surface area contributed by atoms with Crippen LogP contribution >= 0.6 is 0 Å². The molecule has 2 aromatic rings. The van der Waals surface area contributed by atoms with Gasteiger partial charge in [0.25, 0.3) is 5.91 Å². The quantitative estimate of drug-likeness (QED) is 0.911. The Kier molecular flexibility index (Phi) is 4.99. The molecule has 0 spiro atoms. The monoisotopic (exact) mass is 283 g/mol. The molecule has 2 aromatic carbocycles. The van der Waals surface area contributed by atoms with Crippen LogP contribution in [0.5, 0.6) is 5.75 Å². The topological polar surface area (TPSA) is 38.3 Å². The highest BCUT2D eigenvalue weighted by atomic mass is 16.5. The summed E-state index contributed by atoms with van der Waals surface area (Å²) in [5, 5.41) is 2.94. The molecule has 0 bridgehead atoms. The highest BCUT2D eigenvalue weighted by molar-refractivity contribution is 5.78. The van der Waals surface area contributed by atoms with Crippen molar-refractivity contribution in [3.05, 3.63) is 65.2 Å². The number of benzene rings is 2. The maximum Gasteiger partial charge on any atom is 0.258 e. The standard InChI is InChI=1S/C18H21NO2/c1-13-9-10-14(2)17(11-13)21-12-18(20)19-15(3)16-7-5-4-6-8-16/h4-11,15H,12H2,1-3H3,(H,19,20)/t15-/m1/s1. The van der Waals surface area contributed by atoms with E-state index in [1.54, 1.807) is 0 Å². The summed E-state index contributed by atoms with van der Waals surface area (Å²) in [6, 6.07) is 15.8. The lowest BCUT2D eigenvalue weighted by molar-refractivity contribution is -0.123. The number of carbonyl (C=O) groups is 1. The van der Waals surface area contributed by atoms with E-state index < -0.39 is 0 Å². The van der Waals surface area contributed by atoms with Crippen molar-refractivity contribution in [3.8, 4) is 5.75 Å². The van der Waals surface area contributed by atoms with Crippen LogP contribution in [-0.4, -0.2) is 12.5 Å². The molecule has 21 heavy (non-hydrogen) atoms. The van der Waals surface area contributed by atoms with Gasteiger partial charge in [-0.25, -0.2) is 0 Å². The van der Waals surface area contributed by atoms with E-state index >= 15 is 0 Å². The van der Waals surface area contributed by atoms with E-state index in [1.165, 1.54) is 0 Å². The van der Waals surface area contributed by atoms with Crippen LogP contribution in [0.4, 0.5) is 0 Å². The van der Waals surface area contributed by atoms with Gasteiger partial charge in [-0.2, -0.15) is 0 Å². The third-order valence-corrected chi connectivity index (χ3v) is 3.38. The van der Waals surface area contributed by atoms with E-state index in [0.717, 1.165) is 22.4 Å². The summed E-state index contributed by atoms with van der Waals surface area (Å²) < 4.78 is 5.60. The molecule has 0 aliphatic carbocycles. The Morgan fingerprint density at radius 3 is 2.57 bits per heavy atom. The average Bonchev–Trinajstić information content (AvgIpc) is 2.49. The van der Waals surface area contributed by atoms with Crippen molar-refractivity contribution in [1.29, 1.82) is 0 Å². The number of nitrogens with one attached hydrogen (secondary N) is 1. The van der Waals surface area contributed by atoms with E-state index in [2.05, 4.69) is 5.32 Å². The van der Waals surface area contributed by atoms with Crippen molar-refractivity contribution in [2.24, 2.45) is 0 Å². The second-order valence-corrected chi connectivity index (χ2v) is 5.26. The zero-order valence-electron chi connectivity index (χ0n) is 12.7. The number of rotatable bonds is 5. The Bertz CT molecular complexity index is 608. The van der Waals surface area contributed by atoms with E-state index in [0.29, 0.717) is 0 Å². The molecular weight excluding hydrogens is 262 g/mol. The second-order valence-electron chi connectivity index (χ2n) is 5.26. The van der Waals surface area contributed by atoms with Crippen LogP contribution < -0.4 is 10.1 Å². The first kappa shape index (κ1) is 15.1. The van der Waals surface area contributed by atoms with Crippen LogP contribution in [0, 0.1) is 13.8 Å². The minimum Gasteiger partial charge on any atom is -0.483 e. The molecule has 110 valence electrons. The molecule has 3 nitrogen and oxygen atoms in total. The maximum atomic E-state index is 12.0. The van der Waals surface area contributed by atoms with Gasteiger partial charge in [0.1, 0.15) is 5.75 Å². The van der Waals surface area contributed by atoms with E-state index in [1.807, 2.05) is 69.3 Å². The Hall–Kier alpha value is -2.29. The van der Waals surface area contributed by atoms with Crippen molar-refractivity contribution in [3.63, 3.8) is 0 Å². The number of aryl methyl sites for hydroxylation is 2. The lowest BCUT2D eigenvalue weighted by Gasteiger charge is -2.15. The number of ether oxygens (including phenoxy) is 1. The van der Waals surface area contributed by atoms with Gasteiger partial charge in [-0.3, -0.25) is 4.79 Å². The maximum absolute atomic E-state index is 12.0. The molecule has 0 saturated carbocycles. The van der Waals surface area contributed by atoms with Crippen LogP contribution in [0.1, 0.15) is 29.7 Å². The lowest BCUT2D eigenvalue weighted by atomic mass is 10.1. The molecule has 0 aromatic heterocycles. The van der Waals surface area contributed by atoms with Gasteiger partial charge in [-0.15, -0.1) is 0 Å². The van der Waals surface area contributed by atoms with E-state index in [-0.39, 0.29) is 18.6 Å². The highest BCUT2D eigenvalue weighted by Crippen LogP contribution is 2.19. The van der Waals surface area contributed by atoms with Crippen molar-refractivity contribution >= 4 is 5.91 Å². The zero-order chi connectivity index (χ0) is 15.2. The number of hydrogen-bond acceptors (Lipinski definition) is 2. The SMILES string of the molecule is Cc1ccc(C)c(OCC(=O)N[C@H](C)c2ccccc2)c1. The molecular formula is C18H21NO2. The molecule has 0 aliphatic rings. The summed E-state index contributed by atoms with van der Waals surface area (Å²) in [5.74, 6) is 0.643. The first-order valence-electron chi connectivity index (χ1n) is 7.10. The highest BCUT2D eigenvalue weighted by Gasteiger charge is 2.10. The minimum atomic E-state index is -0.118. The molecule has 0 saturated heterocycles. The fourth-order valence-corrected chi connectivity index (χ4v) is 2.11. The summed E-state index contributed by atoms with van der Waals surface area (Å²) >= 11 is 0. The van der Waals surface area contributed by atoms with Crippen molar-refractivity contribution < 1.29 is 9.53 Å². The predicted octanol–water partition coefficient (Wildman–Crippen LogP) is 3.56. The zero-order valence-corrected chi connectivity index (χ0v) is 12.7. The summed E-state index contributed by atoms with van der Waals surface area (Å²) in [7, 11) is 0. The molecule has 2 rings (SSSR count).